The second-order valence-electron chi connectivity index (χ2n) is 4.66. The van der Waals surface area contributed by atoms with Crippen LogP contribution in [0.15, 0.2) is 0 Å². The minimum absolute atomic E-state index is 0.0663. The first-order valence-electron chi connectivity index (χ1n) is 6.46. The zero-order valence-electron chi connectivity index (χ0n) is 10.4. The van der Waals surface area contributed by atoms with E-state index in [0.29, 0.717) is 25.6 Å². The van der Waals surface area contributed by atoms with Crippen LogP contribution < -0.4 is 0 Å². The summed E-state index contributed by atoms with van der Waals surface area (Å²) in [4.78, 5) is 27.5. The molecule has 0 aliphatic carbocycles. The van der Waals surface area contributed by atoms with Gasteiger partial charge in [-0.3, -0.25) is 9.59 Å². The molecule has 0 radical (unpaired) electrons. The van der Waals surface area contributed by atoms with Gasteiger partial charge in [-0.2, -0.15) is 0 Å². The average molecular weight is 275 g/mol. The molecule has 6 heteroatoms. The monoisotopic (exact) mass is 274 g/mol. The summed E-state index contributed by atoms with van der Waals surface area (Å²) in [5, 5.41) is 0. The van der Waals surface area contributed by atoms with Crippen molar-refractivity contribution in [3.05, 3.63) is 0 Å². The van der Waals surface area contributed by atoms with Gasteiger partial charge in [-0.05, 0) is 19.3 Å². The van der Waals surface area contributed by atoms with Crippen LogP contribution >= 0.6 is 11.6 Å². The molecule has 2 rings (SSSR count). The van der Waals surface area contributed by atoms with Crippen LogP contribution in [-0.2, 0) is 14.3 Å². The summed E-state index contributed by atoms with van der Waals surface area (Å²) < 4.78 is 5.25. The molecule has 0 N–H and O–H groups in total. The molecule has 0 spiro atoms. The fraction of sp³-hybridized carbons (Fsp3) is 0.833. The lowest BCUT2D eigenvalue weighted by atomic mass is 9.98. The van der Waals surface area contributed by atoms with Gasteiger partial charge in [0.2, 0.25) is 11.8 Å². The number of rotatable bonds is 5. The number of alkyl halides is 1. The van der Waals surface area contributed by atoms with E-state index in [1.165, 1.54) is 0 Å². The maximum absolute atomic E-state index is 12.2. The van der Waals surface area contributed by atoms with Crippen molar-refractivity contribution < 1.29 is 14.3 Å². The Morgan fingerprint density at radius 1 is 1.28 bits per heavy atom. The lowest BCUT2D eigenvalue weighted by molar-refractivity contribution is -0.158. The van der Waals surface area contributed by atoms with Crippen molar-refractivity contribution in [3.8, 4) is 0 Å². The van der Waals surface area contributed by atoms with Crippen LogP contribution in [0, 0.1) is 0 Å². The summed E-state index contributed by atoms with van der Waals surface area (Å²) in [7, 11) is 0. The minimum atomic E-state index is -0.229. The summed E-state index contributed by atoms with van der Waals surface area (Å²) in [5.41, 5.74) is 0. The summed E-state index contributed by atoms with van der Waals surface area (Å²) >= 11 is 5.50. The molecule has 0 aromatic rings. The van der Waals surface area contributed by atoms with E-state index in [1.807, 2.05) is 0 Å². The van der Waals surface area contributed by atoms with E-state index < -0.39 is 0 Å². The Hall–Kier alpha value is -0.810. The summed E-state index contributed by atoms with van der Waals surface area (Å²) in [6, 6.07) is -0.229. The normalized spacial score (nSPS) is 24.4. The molecular formula is C12H19ClN2O3. The molecule has 2 heterocycles. The molecular weight excluding hydrogens is 256 g/mol. The van der Waals surface area contributed by atoms with E-state index in [1.54, 1.807) is 9.80 Å². The van der Waals surface area contributed by atoms with Crippen LogP contribution in [-0.4, -0.2) is 66.4 Å². The molecule has 0 aromatic heterocycles. The van der Waals surface area contributed by atoms with E-state index >= 15 is 0 Å². The van der Waals surface area contributed by atoms with Gasteiger partial charge in [-0.1, -0.05) is 0 Å². The molecule has 102 valence electrons. The van der Waals surface area contributed by atoms with Crippen LogP contribution in [0.5, 0.6) is 0 Å². The Morgan fingerprint density at radius 3 is 2.89 bits per heavy atom. The quantitative estimate of drug-likeness (QED) is 0.541. The second kappa shape index (κ2) is 6.38. The highest BCUT2D eigenvalue weighted by atomic mass is 35.5. The lowest BCUT2D eigenvalue weighted by Gasteiger charge is -2.42. The van der Waals surface area contributed by atoms with Crippen molar-refractivity contribution in [1.82, 2.24) is 9.80 Å². The first-order valence-corrected chi connectivity index (χ1v) is 6.99. The van der Waals surface area contributed by atoms with Crippen LogP contribution in [0.3, 0.4) is 0 Å². The Morgan fingerprint density at radius 2 is 2.11 bits per heavy atom. The SMILES string of the molecule is O=C1C2CCCCN2C(=O)CN1CCOCCCl. The number of ether oxygens (including phenoxy) is 1. The molecule has 2 aliphatic heterocycles. The summed E-state index contributed by atoms with van der Waals surface area (Å²) in [6.07, 6.45) is 2.83. The van der Waals surface area contributed by atoms with Gasteiger partial charge < -0.3 is 14.5 Å². The van der Waals surface area contributed by atoms with Crippen LogP contribution in [0.1, 0.15) is 19.3 Å². The van der Waals surface area contributed by atoms with Crippen molar-refractivity contribution in [2.75, 3.05) is 38.7 Å². The molecule has 2 saturated heterocycles. The molecule has 0 bridgehead atoms. The van der Waals surface area contributed by atoms with Crippen molar-refractivity contribution >= 4 is 23.4 Å². The van der Waals surface area contributed by atoms with Crippen molar-refractivity contribution in [2.24, 2.45) is 0 Å². The molecule has 1 atom stereocenters. The highest BCUT2D eigenvalue weighted by Crippen LogP contribution is 2.22. The highest BCUT2D eigenvalue weighted by Gasteiger charge is 2.39. The highest BCUT2D eigenvalue weighted by molar-refractivity contribution is 6.17. The number of hydrogen-bond acceptors (Lipinski definition) is 3. The van der Waals surface area contributed by atoms with Gasteiger partial charge in [0.1, 0.15) is 6.04 Å². The van der Waals surface area contributed by atoms with E-state index in [4.69, 9.17) is 16.3 Å². The Bertz CT molecular complexity index is 324. The van der Waals surface area contributed by atoms with Gasteiger partial charge in [-0.25, -0.2) is 0 Å². The molecule has 2 aliphatic rings. The molecule has 0 aromatic carbocycles. The second-order valence-corrected chi connectivity index (χ2v) is 5.04. The van der Waals surface area contributed by atoms with Gasteiger partial charge in [0.05, 0.1) is 19.8 Å². The van der Waals surface area contributed by atoms with Gasteiger partial charge in [-0.15, -0.1) is 11.6 Å². The lowest BCUT2D eigenvalue weighted by Crippen LogP contribution is -2.61. The fourth-order valence-electron chi connectivity index (χ4n) is 2.55. The average Bonchev–Trinajstić information content (AvgIpc) is 2.40. The van der Waals surface area contributed by atoms with E-state index in [-0.39, 0.29) is 24.4 Å². The molecule has 2 amide bonds. The standard InChI is InChI=1S/C12H19ClN2O3/c13-4-7-18-8-6-14-9-11(16)15-5-2-1-3-10(15)12(14)17/h10H,1-9H2. The van der Waals surface area contributed by atoms with E-state index in [9.17, 15) is 9.59 Å². The van der Waals surface area contributed by atoms with Crippen LogP contribution in [0.4, 0.5) is 0 Å². The van der Waals surface area contributed by atoms with Gasteiger partial charge in [0, 0.05) is 19.0 Å². The Balaban J connectivity index is 1.88. The maximum atomic E-state index is 12.2. The maximum Gasteiger partial charge on any atom is 0.245 e. The van der Waals surface area contributed by atoms with Crippen LogP contribution in [0.25, 0.3) is 0 Å². The number of piperidine rings is 1. The number of hydrogen-bond donors (Lipinski definition) is 0. The number of carbonyl (C=O) groups excluding carboxylic acids is 2. The molecule has 5 nitrogen and oxygen atoms in total. The number of piperazine rings is 1. The first kappa shape index (κ1) is 13.6. The number of nitrogens with zero attached hydrogens (tertiary/aromatic N) is 2. The Labute approximate surface area is 112 Å². The van der Waals surface area contributed by atoms with Crippen LogP contribution in [0.2, 0.25) is 0 Å². The van der Waals surface area contributed by atoms with E-state index in [2.05, 4.69) is 0 Å². The largest absolute Gasteiger partial charge is 0.378 e. The fourth-order valence-corrected chi connectivity index (χ4v) is 2.66. The third-order valence-electron chi connectivity index (χ3n) is 3.47. The smallest absolute Gasteiger partial charge is 0.245 e. The molecule has 2 fully saturated rings. The van der Waals surface area contributed by atoms with Gasteiger partial charge in [0.15, 0.2) is 0 Å². The molecule has 0 saturated carbocycles. The van der Waals surface area contributed by atoms with Crippen molar-refractivity contribution in [2.45, 2.75) is 25.3 Å². The zero-order valence-corrected chi connectivity index (χ0v) is 11.2. The third-order valence-corrected chi connectivity index (χ3v) is 3.63. The zero-order chi connectivity index (χ0) is 13.0. The predicted molar refractivity (Wildman–Crippen MR) is 67.5 cm³/mol. The topological polar surface area (TPSA) is 49.9 Å². The number of carbonyl (C=O) groups is 2. The first-order chi connectivity index (χ1) is 8.74. The summed E-state index contributed by atoms with van der Waals surface area (Å²) in [6.45, 7) is 2.32. The number of fused-ring (bicyclic) bond motifs is 1. The van der Waals surface area contributed by atoms with E-state index in [0.717, 1.165) is 25.8 Å². The van der Waals surface area contributed by atoms with Gasteiger partial charge in [0.25, 0.3) is 0 Å². The molecule has 18 heavy (non-hydrogen) atoms. The third kappa shape index (κ3) is 2.95. The molecule has 1 unspecified atom stereocenters. The summed E-state index contributed by atoms with van der Waals surface area (Å²) in [5.74, 6) is 0.587. The minimum Gasteiger partial charge on any atom is -0.378 e. The number of halogens is 1. The van der Waals surface area contributed by atoms with Gasteiger partial charge >= 0.3 is 0 Å². The Kier molecular flexibility index (Phi) is 4.83. The number of amides is 2. The predicted octanol–water partition coefficient (Wildman–Crippen LogP) is 0.465. The van der Waals surface area contributed by atoms with Crippen molar-refractivity contribution in [3.63, 3.8) is 0 Å². The van der Waals surface area contributed by atoms with Crippen molar-refractivity contribution in [1.29, 1.82) is 0 Å².